The lowest BCUT2D eigenvalue weighted by Gasteiger charge is -2.54. The highest BCUT2D eigenvalue weighted by Gasteiger charge is 2.45. The maximum atomic E-state index is 10.9. The minimum Gasteiger partial charge on any atom is -0.446 e. The summed E-state index contributed by atoms with van der Waals surface area (Å²) >= 11 is 0. The van der Waals surface area contributed by atoms with E-state index in [0.29, 0.717) is 0 Å². The molecule has 0 radical (unpaired) electrons. The first kappa shape index (κ1) is 14.3. The van der Waals surface area contributed by atoms with Gasteiger partial charge in [0.05, 0.1) is 0 Å². The molecule has 0 spiro atoms. The van der Waals surface area contributed by atoms with E-state index < -0.39 is 6.09 Å². The van der Waals surface area contributed by atoms with Crippen LogP contribution >= 0.6 is 0 Å². The van der Waals surface area contributed by atoms with Crippen LogP contribution in [0.25, 0.3) is 0 Å². The number of rotatable bonds is 3. The summed E-state index contributed by atoms with van der Waals surface area (Å²) in [5.41, 5.74) is 5.20. The largest absolute Gasteiger partial charge is 0.446 e. The van der Waals surface area contributed by atoms with Crippen LogP contribution < -0.4 is 5.73 Å². The van der Waals surface area contributed by atoms with E-state index >= 15 is 0 Å². The summed E-state index contributed by atoms with van der Waals surface area (Å²) in [5, 5.41) is 0. The molecule has 0 aliphatic carbocycles. The van der Waals surface area contributed by atoms with Crippen LogP contribution in [0.15, 0.2) is 0 Å². The average Bonchev–Trinajstić information content (AvgIpc) is 2.08. The van der Waals surface area contributed by atoms with Gasteiger partial charge < -0.3 is 10.5 Å². The van der Waals surface area contributed by atoms with E-state index in [0.717, 1.165) is 25.8 Å². The van der Waals surface area contributed by atoms with Gasteiger partial charge in [0.15, 0.2) is 0 Å². The summed E-state index contributed by atoms with van der Waals surface area (Å²) in [5.74, 6) is 0. The van der Waals surface area contributed by atoms with Crippen LogP contribution in [-0.2, 0) is 4.74 Å². The van der Waals surface area contributed by atoms with Crippen LogP contribution in [0.2, 0.25) is 0 Å². The molecule has 4 heteroatoms. The molecule has 1 aliphatic rings. The van der Waals surface area contributed by atoms with Gasteiger partial charge in [0.25, 0.3) is 0 Å². The molecule has 0 aromatic heterocycles. The maximum Gasteiger partial charge on any atom is 0.404 e. The number of primary amides is 1. The SMILES string of the molecule is CCCN1C(C)(C)CC(OC(N)=O)CC1(C)C. The number of nitrogens with zero attached hydrogens (tertiary/aromatic N) is 1. The first-order chi connectivity index (χ1) is 7.69. The predicted octanol–water partition coefficient (Wildman–Crippen LogP) is 2.51. The molecule has 17 heavy (non-hydrogen) atoms. The van der Waals surface area contributed by atoms with E-state index in [-0.39, 0.29) is 17.2 Å². The molecular weight excluding hydrogens is 216 g/mol. The van der Waals surface area contributed by atoms with Crippen LogP contribution in [0.1, 0.15) is 53.9 Å². The van der Waals surface area contributed by atoms with Gasteiger partial charge >= 0.3 is 6.09 Å². The molecule has 2 N–H and O–H groups in total. The Kier molecular flexibility index (Phi) is 4.07. The summed E-state index contributed by atoms with van der Waals surface area (Å²) in [4.78, 5) is 13.4. The zero-order chi connectivity index (χ0) is 13.3. The molecule has 0 saturated carbocycles. The van der Waals surface area contributed by atoms with Crippen molar-refractivity contribution in [2.24, 2.45) is 5.73 Å². The Morgan fingerprint density at radius 3 is 2.12 bits per heavy atom. The summed E-state index contributed by atoms with van der Waals surface area (Å²) in [6.45, 7) is 12.1. The van der Waals surface area contributed by atoms with Gasteiger partial charge in [-0.15, -0.1) is 0 Å². The van der Waals surface area contributed by atoms with Gasteiger partial charge in [0.2, 0.25) is 0 Å². The summed E-state index contributed by atoms with van der Waals surface area (Å²) in [6, 6.07) is 0. The van der Waals surface area contributed by atoms with Crippen molar-refractivity contribution in [2.45, 2.75) is 71.1 Å². The molecule has 0 atom stereocenters. The first-order valence-corrected chi connectivity index (χ1v) is 6.43. The molecule has 1 heterocycles. The summed E-state index contributed by atoms with van der Waals surface area (Å²) in [7, 11) is 0. The van der Waals surface area contributed by atoms with E-state index in [2.05, 4.69) is 39.5 Å². The second kappa shape index (κ2) is 4.84. The second-order valence-corrected chi connectivity index (χ2v) is 6.24. The van der Waals surface area contributed by atoms with Gasteiger partial charge in [-0.25, -0.2) is 4.79 Å². The Bertz CT molecular complexity index is 269. The Morgan fingerprint density at radius 2 is 1.76 bits per heavy atom. The molecule has 1 aliphatic heterocycles. The zero-order valence-corrected chi connectivity index (χ0v) is 11.7. The fraction of sp³-hybridized carbons (Fsp3) is 0.923. The third kappa shape index (κ3) is 3.35. The lowest BCUT2D eigenvalue weighted by atomic mass is 9.78. The van der Waals surface area contributed by atoms with Crippen LogP contribution in [0.5, 0.6) is 0 Å². The maximum absolute atomic E-state index is 10.9. The Balaban J connectivity index is 2.84. The predicted molar refractivity (Wildman–Crippen MR) is 68.8 cm³/mol. The molecule has 0 aromatic rings. The van der Waals surface area contributed by atoms with E-state index in [1.54, 1.807) is 0 Å². The third-order valence-corrected chi connectivity index (χ3v) is 3.65. The smallest absolute Gasteiger partial charge is 0.404 e. The second-order valence-electron chi connectivity index (χ2n) is 6.24. The Labute approximate surface area is 104 Å². The lowest BCUT2D eigenvalue weighted by Crippen LogP contribution is -2.62. The van der Waals surface area contributed by atoms with E-state index in [4.69, 9.17) is 10.5 Å². The number of likely N-dealkylation sites (tertiary alicyclic amines) is 1. The number of piperidine rings is 1. The highest BCUT2D eigenvalue weighted by molar-refractivity contribution is 5.64. The molecular formula is C13H26N2O2. The topological polar surface area (TPSA) is 55.6 Å². The lowest BCUT2D eigenvalue weighted by molar-refractivity contribution is -0.0819. The van der Waals surface area contributed by atoms with Crippen molar-refractivity contribution in [3.63, 3.8) is 0 Å². The van der Waals surface area contributed by atoms with Crippen molar-refractivity contribution in [1.29, 1.82) is 0 Å². The van der Waals surface area contributed by atoms with Crippen LogP contribution in [0.3, 0.4) is 0 Å². The third-order valence-electron chi connectivity index (χ3n) is 3.65. The molecule has 1 rings (SSSR count). The average molecular weight is 242 g/mol. The molecule has 100 valence electrons. The van der Waals surface area contributed by atoms with Gasteiger partial charge in [0, 0.05) is 23.9 Å². The summed E-state index contributed by atoms with van der Waals surface area (Å²) < 4.78 is 5.20. The number of amides is 1. The normalized spacial score (nSPS) is 24.5. The Morgan fingerprint density at radius 1 is 1.29 bits per heavy atom. The van der Waals surface area contributed by atoms with Gasteiger partial charge in [-0.2, -0.15) is 0 Å². The molecule has 1 fully saturated rings. The zero-order valence-electron chi connectivity index (χ0n) is 11.7. The molecule has 4 nitrogen and oxygen atoms in total. The summed E-state index contributed by atoms with van der Waals surface area (Å²) in [6.07, 6.45) is 2.10. The molecule has 0 unspecified atom stereocenters. The highest BCUT2D eigenvalue weighted by Crippen LogP contribution is 2.39. The molecule has 1 amide bonds. The number of carbonyl (C=O) groups is 1. The first-order valence-electron chi connectivity index (χ1n) is 6.43. The van der Waals surface area contributed by atoms with E-state index in [1.807, 2.05) is 0 Å². The van der Waals surface area contributed by atoms with Gasteiger partial charge in [-0.3, -0.25) is 4.90 Å². The van der Waals surface area contributed by atoms with Crippen LogP contribution in [0.4, 0.5) is 4.79 Å². The number of ether oxygens (including phenoxy) is 1. The highest BCUT2D eigenvalue weighted by atomic mass is 16.6. The minimum atomic E-state index is -0.662. The van der Waals surface area contributed by atoms with Crippen molar-refractivity contribution in [3.05, 3.63) is 0 Å². The fourth-order valence-electron chi connectivity index (χ4n) is 3.30. The van der Waals surface area contributed by atoms with Crippen molar-refractivity contribution in [1.82, 2.24) is 4.90 Å². The fourth-order valence-corrected chi connectivity index (χ4v) is 3.30. The number of carbonyl (C=O) groups excluding carboxylic acids is 1. The standard InChI is InChI=1S/C13H26N2O2/c1-6-7-15-12(2,3)8-10(17-11(14)16)9-13(15,4)5/h10H,6-9H2,1-5H3,(H2,14,16). The molecule has 0 aromatic carbocycles. The van der Waals surface area contributed by atoms with Gasteiger partial charge in [-0.05, 0) is 40.7 Å². The van der Waals surface area contributed by atoms with Crippen LogP contribution in [-0.4, -0.2) is 34.7 Å². The van der Waals surface area contributed by atoms with Crippen molar-refractivity contribution < 1.29 is 9.53 Å². The van der Waals surface area contributed by atoms with Crippen molar-refractivity contribution in [3.8, 4) is 0 Å². The van der Waals surface area contributed by atoms with Gasteiger partial charge in [0.1, 0.15) is 6.10 Å². The van der Waals surface area contributed by atoms with Crippen molar-refractivity contribution in [2.75, 3.05) is 6.54 Å². The minimum absolute atomic E-state index is 0.0396. The quantitative estimate of drug-likeness (QED) is 0.827. The van der Waals surface area contributed by atoms with Crippen molar-refractivity contribution >= 4 is 6.09 Å². The number of hydrogen-bond acceptors (Lipinski definition) is 3. The van der Waals surface area contributed by atoms with Crippen LogP contribution in [0, 0.1) is 0 Å². The molecule has 0 bridgehead atoms. The number of hydrogen-bond donors (Lipinski definition) is 1. The monoisotopic (exact) mass is 242 g/mol. The Hall–Kier alpha value is -0.770. The van der Waals surface area contributed by atoms with Gasteiger partial charge in [-0.1, -0.05) is 6.92 Å². The molecule has 1 saturated heterocycles. The van der Waals surface area contributed by atoms with E-state index in [1.165, 1.54) is 0 Å². The number of nitrogens with two attached hydrogens (primary N) is 1. The van der Waals surface area contributed by atoms with E-state index in [9.17, 15) is 4.79 Å².